The molecule has 2 amide bonds. The van der Waals surface area contributed by atoms with Crippen molar-refractivity contribution in [1.29, 1.82) is 0 Å². The van der Waals surface area contributed by atoms with Gasteiger partial charge in [-0.2, -0.15) is 0 Å². The van der Waals surface area contributed by atoms with E-state index in [0.29, 0.717) is 6.54 Å². The highest BCUT2D eigenvalue weighted by Gasteiger charge is 2.34. The first-order chi connectivity index (χ1) is 9.52. The van der Waals surface area contributed by atoms with Crippen molar-refractivity contribution >= 4 is 33.4 Å². The van der Waals surface area contributed by atoms with Crippen LogP contribution in [-0.2, 0) is 9.59 Å². The smallest absolute Gasteiger partial charge is 0.227 e. The molecule has 4 nitrogen and oxygen atoms in total. The van der Waals surface area contributed by atoms with Crippen LogP contribution in [0.4, 0.5) is 5.69 Å². The number of benzene rings is 1. The third-order valence-corrected chi connectivity index (χ3v) is 4.20. The lowest BCUT2D eigenvalue weighted by Crippen LogP contribution is -2.33. The minimum atomic E-state index is -0.334. The van der Waals surface area contributed by atoms with Gasteiger partial charge < -0.3 is 10.2 Å². The fourth-order valence-corrected chi connectivity index (χ4v) is 2.46. The number of carbonyl (C=O) groups is 2. The minimum Gasteiger partial charge on any atom is -0.345 e. The molecular formula is C15H15BrN2O2. The second kappa shape index (κ2) is 6.10. The molecule has 0 radical (unpaired) electrons. The predicted molar refractivity (Wildman–Crippen MR) is 81.2 cm³/mol. The molecule has 1 saturated heterocycles. The molecule has 20 heavy (non-hydrogen) atoms. The molecule has 1 atom stereocenters. The quantitative estimate of drug-likeness (QED) is 0.858. The van der Waals surface area contributed by atoms with Crippen LogP contribution >= 0.6 is 15.9 Å². The fourth-order valence-electron chi connectivity index (χ4n) is 2.21. The van der Waals surface area contributed by atoms with Crippen LogP contribution in [0.15, 0.2) is 22.7 Å². The van der Waals surface area contributed by atoms with Crippen molar-refractivity contribution in [3.63, 3.8) is 0 Å². The highest BCUT2D eigenvalue weighted by Crippen LogP contribution is 2.28. The summed E-state index contributed by atoms with van der Waals surface area (Å²) in [5.74, 6) is 1.83. The van der Waals surface area contributed by atoms with Gasteiger partial charge in [0.05, 0.1) is 12.5 Å². The lowest BCUT2D eigenvalue weighted by Gasteiger charge is -2.17. The van der Waals surface area contributed by atoms with Gasteiger partial charge in [-0.25, -0.2) is 0 Å². The Morgan fingerprint density at radius 3 is 3.00 bits per heavy atom. The molecule has 0 saturated carbocycles. The van der Waals surface area contributed by atoms with E-state index in [1.165, 1.54) is 0 Å². The highest BCUT2D eigenvalue weighted by molar-refractivity contribution is 9.10. The summed E-state index contributed by atoms with van der Waals surface area (Å²) < 4.78 is 0.996. The monoisotopic (exact) mass is 334 g/mol. The number of hydrogen-bond acceptors (Lipinski definition) is 2. The molecule has 5 heteroatoms. The van der Waals surface area contributed by atoms with Gasteiger partial charge in [0.2, 0.25) is 11.8 Å². The van der Waals surface area contributed by atoms with Crippen LogP contribution in [-0.4, -0.2) is 24.9 Å². The van der Waals surface area contributed by atoms with Gasteiger partial charge in [0.1, 0.15) is 0 Å². The number of rotatable bonds is 3. The molecular weight excluding hydrogens is 320 g/mol. The Bertz CT molecular complexity index is 592. The summed E-state index contributed by atoms with van der Waals surface area (Å²) in [6, 6.07) is 5.71. The Morgan fingerprint density at radius 2 is 2.35 bits per heavy atom. The van der Waals surface area contributed by atoms with Gasteiger partial charge in [-0.05, 0) is 30.7 Å². The van der Waals surface area contributed by atoms with Crippen molar-refractivity contribution in [2.24, 2.45) is 5.92 Å². The molecule has 0 aromatic heterocycles. The zero-order valence-electron chi connectivity index (χ0n) is 11.1. The first-order valence-electron chi connectivity index (χ1n) is 6.30. The van der Waals surface area contributed by atoms with E-state index in [2.05, 4.69) is 27.2 Å². The summed E-state index contributed by atoms with van der Waals surface area (Å²) in [5, 5.41) is 2.63. The molecule has 1 N–H and O–H groups in total. The van der Waals surface area contributed by atoms with E-state index < -0.39 is 0 Å². The van der Waals surface area contributed by atoms with Crippen LogP contribution in [0.25, 0.3) is 0 Å². The molecule has 2 rings (SSSR count). The molecule has 0 unspecified atom stereocenters. The third-order valence-electron chi connectivity index (χ3n) is 3.31. The fraction of sp³-hybridized carbons (Fsp3) is 0.333. The topological polar surface area (TPSA) is 49.4 Å². The average Bonchev–Trinajstić information content (AvgIpc) is 2.81. The number of terminal acetylenes is 1. The maximum atomic E-state index is 12.1. The Hall–Kier alpha value is -1.80. The molecule has 0 aliphatic carbocycles. The van der Waals surface area contributed by atoms with Crippen molar-refractivity contribution in [2.75, 3.05) is 18.0 Å². The van der Waals surface area contributed by atoms with E-state index in [-0.39, 0.29) is 30.7 Å². The summed E-state index contributed by atoms with van der Waals surface area (Å²) >= 11 is 3.43. The standard InChI is InChI=1S/C15H15BrN2O2/c1-3-6-17-15(20)11-8-14(19)18(9-11)12-4-5-13(16)10(2)7-12/h1,4-5,7,11H,6,8-9H2,2H3,(H,17,20)/t11-/m1/s1. The molecule has 104 valence electrons. The van der Waals surface area contributed by atoms with Gasteiger partial charge in [0.15, 0.2) is 0 Å². The van der Waals surface area contributed by atoms with Crippen LogP contribution in [0.2, 0.25) is 0 Å². The second-order valence-corrected chi connectivity index (χ2v) is 5.62. The first kappa shape index (κ1) is 14.6. The Kier molecular flexibility index (Phi) is 4.46. The van der Waals surface area contributed by atoms with Crippen molar-refractivity contribution in [2.45, 2.75) is 13.3 Å². The number of hydrogen-bond donors (Lipinski definition) is 1. The number of halogens is 1. The van der Waals surface area contributed by atoms with Crippen LogP contribution in [0, 0.1) is 25.2 Å². The van der Waals surface area contributed by atoms with Gasteiger partial charge in [0.25, 0.3) is 0 Å². The van der Waals surface area contributed by atoms with Gasteiger partial charge in [-0.15, -0.1) is 6.42 Å². The lowest BCUT2D eigenvalue weighted by atomic mass is 10.1. The van der Waals surface area contributed by atoms with E-state index in [9.17, 15) is 9.59 Å². The molecule has 1 aromatic carbocycles. The van der Waals surface area contributed by atoms with Gasteiger partial charge in [0, 0.05) is 23.1 Å². The summed E-state index contributed by atoms with van der Waals surface area (Å²) in [5.41, 5.74) is 1.87. The molecule has 0 bridgehead atoms. The predicted octanol–water partition coefficient (Wildman–Crippen LogP) is 1.86. The summed E-state index contributed by atoms with van der Waals surface area (Å²) in [4.78, 5) is 25.6. The van der Waals surface area contributed by atoms with Crippen LogP contribution in [0.1, 0.15) is 12.0 Å². The zero-order chi connectivity index (χ0) is 14.7. The molecule has 1 aromatic rings. The number of anilines is 1. The maximum absolute atomic E-state index is 12.1. The maximum Gasteiger partial charge on any atom is 0.227 e. The second-order valence-electron chi connectivity index (χ2n) is 4.76. The van der Waals surface area contributed by atoms with Crippen LogP contribution in [0.5, 0.6) is 0 Å². The molecule has 1 heterocycles. The molecule has 1 fully saturated rings. The van der Waals surface area contributed by atoms with Crippen molar-refractivity contribution < 1.29 is 9.59 Å². The largest absolute Gasteiger partial charge is 0.345 e. The normalized spacial score (nSPS) is 17.9. The van der Waals surface area contributed by atoms with Crippen molar-refractivity contribution in [3.05, 3.63) is 28.2 Å². The van der Waals surface area contributed by atoms with E-state index in [0.717, 1.165) is 15.7 Å². The van der Waals surface area contributed by atoms with E-state index in [1.54, 1.807) is 4.90 Å². The van der Waals surface area contributed by atoms with Gasteiger partial charge in [-0.1, -0.05) is 21.9 Å². The highest BCUT2D eigenvalue weighted by atomic mass is 79.9. The Balaban J connectivity index is 2.11. The molecule has 0 spiro atoms. The van der Waals surface area contributed by atoms with Gasteiger partial charge >= 0.3 is 0 Å². The number of aryl methyl sites for hydroxylation is 1. The zero-order valence-corrected chi connectivity index (χ0v) is 12.7. The van der Waals surface area contributed by atoms with Crippen LogP contribution < -0.4 is 10.2 Å². The van der Waals surface area contributed by atoms with E-state index >= 15 is 0 Å². The molecule has 1 aliphatic rings. The number of nitrogens with one attached hydrogen (secondary N) is 1. The average molecular weight is 335 g/mol. The third kappa shape index (κ3) is 3.02. The van der Waals surface area contributed by atoms with Crippen LogP contribution in [0.3, 0.4) is 0 Å². The van der Waals surface area contributed by atoms with E-state index in [4.69, 9.17) is 6.42 Å². The van der Waals surface area contributed by atoms with Crippen molar-refractivity contribution in [1.82, 2.24) is 5.32 Å². The Morgan fingerprint density at radius 1 is 1.60 bits per heavy atom. The first-order valence-corrected chi connectivity index (χ1v) is 7.10. The summed E-state index contributed by atoms with van der Waals surface area (Å²) in [6.45, 7) is 2.56. The number of carbonyl (C=O) groups excluding carboxylic acids is 2. The van der Waals surface area contributed by atoms with E-state index in [1.807, 2.05) is 25.1 Å². The summed E-state index contributed by atoms with van der Waals surface area (Å²) in [6.07, 6.45) is 5.33. The van der Waals surface area contributed by atoms with Gasteiger partial charge in [-0.3, -0.25) is 9.59 Å². The number of nitrogens with zero attached hydrogens (tertiary/aromatic N) is 1. The SMILES string of the molecule is C#CCNC(=O)[C@@H]1CC(=O)N(c2ccc(Br)c(C)c2)C1. The van der Waals surface area contributed by atoms with Crippen molar-refractivity contribution in [3.8, 4) is 12.3 Å². The summed E-state index contributed by atoms with van der Waals surface area (Å²) in [7, 11) is 0. The minimum absolute atomic E-state index is 0.0346. The lowest BCUT2D eigenvalue weighted by molar-refractivity contribution is -0.126. The Labute approximate surface area is 126 Å². The molecule has 1 aliphatic heterocycles. The number of amides is 2.